The molecule has 0 unspecified atom stereocenters. The highest BCUT2D eigenvalue weighted by molar-refractivity contribution is 7.91. The largest absolute Gasteiger partial charge is 0.393 e. The second-order valence-corrected chi connectivity index (χ2v) is 18.2. The summed E-state index contributed by atoms with van der Waals surface area (Å²) in [7, 11) is -3.94. The van der Waals surface area contributed by atoms with Gasteiger partial charge in [0.1, 0.15) is 4.21 Å². The summed E-state index contributed by atoms with van der Waals surface area (Å²) in [6.45, 7) is 4.11. The second-order valence-electron chi connectivity index (χ2n) is 14.0. The predicted molar refractivity (Wildman–Crippen MR) is 194 cm³/mol. The number of nitrogens with zero attached hydrogens (tertiary/aromatic N) is 1. The Balaban J connectivity index is 1.44. The number of carbonyl (C=O) groups excluding carboxylic acids is 1. The topological polar surface area (TPSA) is 94.9 Å². The van der Waals surface area contributed by atoms with E-state index in [4.69, 9.17) is 0 Å². The fourth-order valence-electron chi connectivity index (χ4n) is 7.79. The van der Waals surface area contributed by atoms with E-state index in [9.17, 15) is 32.2 Å². The number of carbonyl (C=O) groups is 1. The van der Waals surface area contributed by atoms with Gasteiger partial charge < -0.3 is 10.2 Å². The van der Waals surface area contributed by atoms with Crippen LogP contribution in [-0.4, -0.2) is 53.5 Å². The van der Waals surface area contributed by atoms with Crippen molar-refractivity contribution < 1.29 is 32.2 Å². The third-order valence-electron chi connectivity index (χ3n) is 10.8. The van der Waals surface area contributed by atoms with Crippen molar-refractivity contribution in [1.82, 2.24) is 4.31 Å². The van der Waals surface area contributed by atoms with Gasteiger partial charge in [-0.1, -0.05) is 42.8 Å². The molecule has 0 radical (unpaired) electrons. The first-order chi connectivity index (χ1) is 23.8. The van der Waals surface area contributed by atoms with Crippen molar-refractivity contribution in [3.63, 3.8) is 0 Å². The Morgan fingerprint density at radius 2 is 1.78 bits per heavy atom. The number of aliphatic hydroxyl groups is 2. The average Bonchev–Trinajstić information content (AvgIpc) is 3.86. The van der Waals surface area contributed by atoms with Crippen LogP contribution >= 0.6 is 22.7 Å². The average molecular weight is 740 g/mol. The van der Waals surface area contributed by atoms with E-state index >= 15 is 0 Å². The highest BCUT2D eigenvalue weighted by Gasteiger charge is 2.58. The number of sulfonamides is 1. The maximum atomic E-state index is 14.4. The maximum Gasteiger partial charge on any atom is 0.252 e. The molecule has 11 heteroatoms. The third kappa shape index (κ3) is 7.45. The number of aliphatic hydroxyl groups excluding tert-OH is 1. The van der Waals surface area contributed by atoms with E-state index in [2.05, 4.69) is 6.08 Å². The van der Waals surface area contributed by atoms with E-state index in [1.165, 1.54) is 10.4 Å². The molecule has 0 spiro atoms. The summed E-state index contributed by atoms with van der Waals surface area (Å²) in [5, 5.41) is 27.4. The van der Waals surface area contributed by atoms with Gasteiger partial charge in [0.15, 0.2) is 17.4 Å². The molecule has 2 N–H and O–H groups in total. The minimum Gasteiger partial charge on any atom is -0.393 e. The number of halogens is 2. The quantitative estimate of drug-likeness (QED) is 0.133. The standard InChI is InChI=1S/C39H43F2NO5S3/c1-26-6-3-17-38(2)33(15-18-39(38,45)25-42(19-16-30-7-4-20-48-30)50(46,47)36-8-5-21-49-36)31-13-10-27(22-29(43)12-9-26)23-32(31)37(44)28-11-14-34(40)35(41)24-28/h4-8,10-11,13-14,20-21,23-24,29,33,43,45H,3,9,12,15-19,22,25H2,1-2H3/t29-,33-,38-,39+/m0/s1. The van der Waals surface area contributed by atoms with Crippen molar-refractivity contribution in [3.8, 4) is 0 Å². The fraction of sp³-hybridized carbons (Fsp3) is 0.410. The molecule has 2 heterocycles. The van der Waals surface area contributed by atoms with Gasteiger partial charge in [-0.25, -0.2) is 17.2 Å². The lowest BCUT2D eigenvalue weighted by Crippen LogP contribution is -2.54. The number of thiophene rings is 2. The first-order valence-electron chi connectivity index (χ1n) is 17.1. The summed E-state index contributed by atoms with van der Waals surface area (Å²) in [5.41, 5.74) is 0.495. The predicted octanol–water partition coefficient (Wildman–Crippen LogP) is 8.29. The molecular formula is C39H43F2NO5S3. The molecule has 0 saturated heterocycles. The lowest BCUT2D eigenvalue weighted by molar-refractivity contribution is -0.0722. The van der Waals surface area contributed by atoms with Crippen LogP contribution in [0.3, 0.4) is 0 Å². The lowest BCUT2D eigenvalue weighted by atomic mass is 9.64. The van der Waals surface area contributed by atoms with E-state index in [0.717, 1.165) is 39.5 Å². The normalized spacial score (nSPS) is 24.6. The van der Waals surface area contributed by atoms with Crippen molar-refractivity contribution in [2.75, 3.05) is 13.1 Å². The number of ketones is 1. The molecule has 6 nitrogen and oxygen atoms in total. The Kier molecular flexibility index (Phi) is 10.9. The first kappa shape index (κ1) is 36.7. The zero-order chi connectivity index (χ0) is 35.7. The second kappa shape index (κ2) is 14.9. The van der Waals surface area contributed by atoms with Gasteiger partial charge >= 0.3 is 0 Å². The van der Waals surface area contributed by atoms with Gasteiger partial charge in [0.25, 0.3) is 10.0 Å². The molecule has 4 aromatic rings. The third-order valence-corrected chi connectivity index (χ3v) is 15.0. The van der Waals surface area contributed by atoms with Crippen LogP contribution in [0.5, 0.6) is 0 Å². The van der Waals surface area contributed by atoms with Gasteiger partial charge in [0, 0.05) is 34.5 Å². The summed E-state index contributed by atoms with van der Waals surface area (Å²) in [5.74, 6) is -3.02. The van der Waals surface area contributed by atoms with Crippen molar-refractivity contribution in [2.45, 2.75) is 87.0 Å². The van der Waals surface area contributed by atoms with Crippen LogP contribution in [-0.2, 0) is 22.9 Å². The number of fused-ring (bicyclic) bond motifs is 8. The minimum atomic E-state index is -3.94. The molecule has 0 aliphatic heterocycles. The molecule has 3 aliphatic rings. The van der Waals surface area contributed by atoms with Crippen LogP contribution < -0.4 is 0 Å². The number of benzene rings is 2. The van der Waals surface area contributed by atoms with Gasteiger partial charge in [-0.2, -0.15) is 4.31 Å². The molecule has 4 atom stereocenters. The molecule has 2 bridgehead atoms. The molecular weight excluding hydrogens is 697 g/mol. The first-order valence-corrected chi connectivity index (χ1v) is 20.3. The summed E-state index contributed by atoms with van der Waals surface area (Å²) < 4.78 is 58.2. The maximum absolute atomic E-state index is 14.4. The molecule has 266 valence electrons. The van der Waals surface area contributed by atoms with Crippen LogP contribution in [0.15, 0.2) is 87.3 Å². The molecule has 7 rings (SSSR count). The monoisotopic (exact) mass is 739 g/mol. The van der Waals surface area contributed by atoms with Crippen molar-refractivity contribution >= 4 is 38.5 Å². The highest BCUT2D eigenvalue weighted by Crippen LogP contribution is 2.59. The Morgan fingerprint density at radius 3 is 2.50 bits per heavy atom. The van der Waals surface area contributed by atoms with Gasteiger partial charge in [-0.05, 0) is 122 Å². The lowest BCUT2D eigenvalue weighted by Gasteiger charge is -2.46. The zero-order valence-corrected chi connectivity index (χ0v) is 30.7. The Hall–Kier alpha value is -3.06. The summed E-state index contributed by atoms with van der Waals surface area (Å²) in [6, 6.07) is 15.8. The smallest absolute Gasteiger partial charge is 0.252 e. The van der Waals surface area contributed by atoms with E-state index in [0.29, 0.717) is 62.5 Å². The van der Waals surface area contributed by atoms with Crippen LogP contribution in [0.25, 0.3) is 0 Å². The van der Waals surface area contributed by atoms with Gasteiger partial charge in [-0.15, -0.1) is 22.7 Å². The molecule has 2 aromatic heterocycles. The van der Waals surface area contributed by atoms with Crippen molar-refractivity contribution in [1.29, 1.82) is 0 Å². The Morgan fingerprint density at radius 1 is 1.00 bits per heavy atom. The Bertz CT molecular complexity index is 1960. The van der Waals surface area contributed by atoms with Gasteiger partial charge in [0.05, 0.1) is 11.7 Å². The fourth-order valence-corrected chi connectivity index (χ4v) is 11.1. The van der Waals surface area contributed by atoms with Crippen LogP contribution in [0.1, 0.15) is 90.2 Å². The van der Waals surface area contributed by atoms with E-state index in [1.807, 2.05) is 43.5 Å². The number of hydrogen-bond donors (Lipinski definition) is 2. The molecule has 2 aromatic carbocycles. The van der Waals surface area contributed by atoms with Gasteiger partial charge in [0.2, 0.25) is 0 Å². The highest BCUT2D eigenvalue weighted by atomic mass is 32.2. The molecule has 1 saturated carbocycles. The molecule has 50 heavy (non-hydrogen) atoms. The number of hydrogen-bond acceptors (Lipinski definition) is 7. The van der Waals surface area contributed by atoms with E-state index < -0.39 is 44.6 Å². The summed E-state index contributed by atoms with van der Waals surface area (Å²) in [6.07, 6.45) is 5.41. The summed E-state index contributed by atoms with van der Waals surface area (Å²) >= 11 is 2.71. The van der Waals surface area contributed by atoms with E-state index in [-0.39, 0.29) is 28.8 Å². The van der Waals surface area contributed by atoms with E-state index in [1.54, 1.807) is 34.9 Å². The van der Waals surface area contributed by atoms with Crippen LogP contribution in [0, 0.1) is 17.0 Å². The zero-order valence-electron chi connectivity index (χ0n) is 28.3. The number of rotatable bonds is 9. The number of allylic oxidation sites excluding steroid dienone is 2. The van der Waals surface area contributed by atoms with Crippen molar-refractivity contribution in [3.05, 3.63) is 122 Å². The SMILES string of the molecule is CC1=CCC[C@@]2(C)[C@@H](CC[C@@]2(O)CN(CCc2cccs2)S(=O)(=O)c2cccs2)c2ccc(cc2C(=O)c2ccc(F)c(F)c2)C[C@@H](O)CC1. The van der Waals surface area contributed by atoms with Gasteiger partial charge in [-0.3, -0.25) is 4.79 Å². The molecule has 3 aliphatic carbocycles. The summed E-state index contributed by atoms with van der Waals surface area (Å²) in [4.78, 5) is 15.2. The minimum absolute atomic E-state index is 0.000668. The van der Waals surface area contributed by atoms with Crippen molar-refractivity contribution in [2.24, 2.45) is 5.41 Å². The molecule has 0 amide bonds. The Labute approximate surface area is 301 Å². The van der Waals surface area contributed by atoms with Crippen LogP contribution in [0.4, 0.5) is 8.78 Å². The molecule has 1 fully saturated rings. The van der Waals surface area contributed by atoms with Crippen LogP contribution in [0.2, 0.25) is 0 Å².